The summed E-state index contributed by atoms with van der Waals surface area (Å²) in [5.74, 6) is -2.48. The fraction of sp³-hybridized carbons (Fsp3) is 0.571. The number of phenols is 1. The number of piperazine rings is 1. The molecule has 0 unspecified atom stereocenters. The zero-order valence-electron chi connectivity index (χ0n) is 27.5. The van der Waals surface area contributed by atoms with Gasteiger partial charge < -0.3 is 30.4 Å². The quantitative estimate of drug-likeness (QED) is 0.390. The molecule has 49 heavy (non-hydrogen) atoms. The molecule has 0 saturated carbocycles. The lowest BCUT2D eigenvalue weighted by Gasteiger charge is -2.41. The second-order valence-electron chi connectivity index (χ2n) is 13.6. The van der Waals surface area contributed by atoms with Crippen LogP contribution in [-0.4, -0.2) is 114 Å². The molecule has 4 aliphatic heterocycles. The Hall–Kier alpha value is -3.55. The number of phenolic OH excluding ortho intramolecular Hbond substituents is 1. The Bertz CT molecular complexity index is 1520. The number of carbonyl (C=O) groups is 3. The van der Waals surface area contributed by atoms with Crippen LogP contribution < -0.4 is 10.6 Å². The Morgan fingerprint density at radius 2 is 1.57 bits per heavy atom. The third-order valence-corrected chi connectivity index (χ3v) is 10.8. The summed E-state index contributed by atoms with van der Waals surface area (Å²) in [7, 11) is 0. The van der Waals surface area contributed by atoms with Crippen LogP contribution in [0.5, 0.6) is 5.75 Å². The number of carbonyl (C=O) groups excluding carboxylic acids is 3. The van der Waals surface area contributed by atoms with Gasteiger partial charge in [-0.05, 0) is 67.9 Å². The van der Waals surface area contributed by atoms with E-state index in [1.165, 1.54) is 6.07 Å². The van der Waals surface area contributed by atoms with Crippen LogP contribution in [0.1, 0.15) is 48.8 Å². The van der Waals surface area contributed by atoms with Crippen molar-refractivity contribution in [2.24, 2.45) is 5.92 Å². The minimum atomic E-state index is -4.84. The molecule has 0 bridgehead atoms. The molecule has 0 aliphatic carbocycles. The average Bonchev–Trinajstić information content (AvgIpc) is 3.27. The number of fused-ring (bicyclic) bond motifs is 1. The number of urea groups is 1. The molecule has 6 rings (SSSR count). The lowest BCUT2D eigenvalue weighted by Crippen LogP contribution is -2.53. The van der Waals surface area contributed by atoms with E-state index in [4.69, 9.17) is 11.6 Å². The van der Waals surface area contributed by atoms with Crippen molar-refractivity contribution in [3.8, 4) is 5.75 Å². The third-order valence-electron chi connectivity index (χ3n) is 10.5. The van der Waals surface area contributed by atoms with Gasteiger partial charge in [0.15, 0.2) is 0 Å². The van der Waals surface area contributed by atoms with E-state index >= 15 is 0 Å². The molecule has 1 atom stereocenters. The van der Waals surface area contributed by atoms with E-state index in [1.54, 1.807) is 9.80 Å². The summed E-state index contributed by atoms with van der Waals surface area (Å²) in [6.07, 6.45) is -1.68. The molecule has 0 spiro atoms. The van der Waals surface area contributed by atoms with E-state index in [0.29, 0.717) is 51.6 Å². The highest BCUT2D eigenvalue weighted by Crippen LogP contribution is 2.41. The molecule has 2 aromatic rings. The van der Waals surface area contributed by atoms with Gasteiger partial charge in [0.2, 0.25) is 11.8 Å². The van der Waals surface area contributed by atoms with Gasteiger partial charge in [0.25, 0.3) is 0 Å². The highest BCUT2D eigenvalue weighted by Gasteiger charge is 2.38. The fourth-order valence-electron chi connectivity index (χ4n) is 7.78. The molecule has 3 saturated heterocycles. The Labute approximate surface area is 289 Å². The summed E-state index contributed by atoms with van der Waals surface area (Å²) in [6.45, 7) is 6.14. The van der Waals surface area contributed by atoms with Crippen molar-refractivity contribution in [2.75, 3.05) is 64.2 Å². The third kappa shape index (κ3) is 8.26. The van der Waals surface area contributed by atoms with Crippen molar-refractivity contribution in [2.45, 2.75) is 63.2 Å². The number of anilines is 1. The van der Waals surface area contributed by atoms with E-state index in [9.17, 15) is 32.7 Å². The Kier molecular flexibility index (Phi) is 10.9. The number of rotatable bonds is 7. The number of nitrogens with one attached hydrogen (secondary N) is 2. The summed E-state index contributed by atoms with van der Waals surface area (Å²) < 4.78 is 41.2. The monoisotopic (exact) mass is 704 g/mol. The predicted octanol–water partition coefficient (Wildman–Crippen LogP) is 4.59. The van der Waals surface area contributed by atoms with Gasteiger partial charge in [0, 0.05) is 83.1 Å². The van der Waals surface area contributed by atoms with Gasteiger partial charge in [-0.15, -0.1) is 0 Å². The summed E-state index contributed by atoms with van der Waals surface area (Å²) in [4.78, 5) is 48.6. The smallest absolute Gasteiger partial charge is 0.420 e. The Morgan fingerprint density at radius 3 is 2.27 bits per heavy atom. The number of alkyl halides is 3. The van der Waals surface area contributed by atoms with Gasteiger partial charge in [-0.1, -0.05) is 29.8 Å². The topological polar surface area (TPSA) is 108 Å². The lowest BCUT2D eigenvalue weighted by atomic mass is 9.91. The van der Waals surface area contributed by atoms with Crippen molar-refractivity contribution in [1.29, 1.82) is 0 Å². The Morgan fingerprint density at radius 1 is 0.918 bits per heavy atom. The molecule has 4 aliphatic rings. The molecular formula is C35H44ClF3N6O4. The SMILES string of the molecule is O=C(C[C@H](Cc1cc(Cl)c(O)c(C(F)(F)F)c1)C(=O)N1CCC(N2CCNCC2)CC1)N1CCC(N2CCc3ccccc3NC2=O)CC1. The van der Waals surface area contributed by atoms with E-state index in [-0.39, 0.29) is 42.3 Å². The van der Waals surface area contributed by atoms with Gasteiger partial charge >= 0.3 is 12.2 Å². The molecule has 14 heteroatoms. The molecule has 3 fully saturated rings. The molecule has 4 amide bonds. The number of nitrogens with zero attached hydrogens (tertiary/aromatic N) is 4. The first-order valence-electron chi connectivity index (χ1n) is 17.2. The number of aromatic hydroxyl groups is 1. The minimum Gasteiger partial charge on any atom is -0.506 e. The molecule has 10 nitrogen and oxygen atoms in total. The van der Waals surface area contributed by atoms with Crippen molar-refractivity contribution in [1.82, 2.24) is 24.9 Å². The Balaban J connectivity index is 1.12. The van der Waals surface area contributed by atoms with Gasteiger partial charge in [0.1, 0.15) is 5.75 Å². The van der Waals surface area contributed by atoms with Gasteiger partial charge in [-0.2, -0.15) is 13.2 Å². The van der Waals surface area contributed by atoms with Crippen molar-refractivity contribution < 1.29 is 32.7 Å². The van der Waals surface area contributed by atoms with Crippen LogP contribution in [0.3, 0.4) is 0 Å². The van der Waals surface area contributed by atoms with E-state index in [0.717, 1.165) is 62.8 Å². The number of likely N-dealkylation sites (tertiary alicyclic amines) is 2. The number of hydrogen-bond donors (Lipinski definition) is 3. The van der Waals surface area contributed by atoms with Gasteiger partial charge in [-0.25, -0.2) is 4.79 Å². The largest absolute Gasteiger partial charge is 0.506 e. The van der Waals surface area contributed by atoms with Crippen LogP contribution in [0.15, 0.2) is 36.4 Å². The number of halogens is 4. The summed E-state index contributed by atoms with van der Waals surface area (Å²) in [5.41, 5.74) is 0.742. The molecule has 0 radical (unpaired) electrons. The summed E-state index contributed by atoms with van der Waals surface area (Å²) in [6, 6.07) is 9.94. The summed E-state index contributed by atoms with van der Waals surface area (Å²) >= 11 is 6.02. The molecule has 4 heterocycles. The van der Waals surface area contributed by atoms with Crippen LogP contribution in [0.2, 0.25) is 5.02 Å². The number of para-hydroxylation sites is 1. The molecule has 3 N–H and O–H groups in total. The van der Waals surface area contributed by atoms with Crippen LogP contribution >= 0.6 is 11.6 Å². The molecular weight excluding hydrogens is 661 g/mol. The number of hydrogen-bond acceptors (Lipinski definition) is 6. The van der Waals surface area contributed by atoms with Gasteiger partial charge in [-0.3, -0.25) is 14.5 Å². The predicted molar refractivity (Wildman–Crippen MR) is 179 cm³/mol. The molecule has 2 aromatic carbocycles. The lowest BCUT2D eigenvalue weighted by molar-refractivity contribution is -0.143. The van der Waals surface area contributed by atoms with Crippen LogP contribution in [-0.2, 0) is 28.6 Å². The van der Waals surface area contributed by atoms with Crippen molar-refractivity contribution >= 4 is 35.1 Å². The number of benzene rings is 2. The second-order valence-corrected chi connectivity index (χ2v) is 14.0. The highest BCUT2D eigenvalue weighted by atomic mass is 35.5. The maximum absolute atomic E-state index is 14.0. The standard InChI is InChI=1S/C35H44ClF3N6O4/c36-29-21-23(20-28(32(29)47)35(37,38)39)19-25(33(48)44-14-6-26(7-15-44)42-17-10-40-11-18-42)22-31(46)43-12-8-27(9-13-43)45-16-5-24-3-1-2-4-30(24)41-34(45)49/h1-4,20-21,25-27,40,47H,5-19,22H2,(H,41,49)/t25-/m0/s1. The fourth-order valence-corrected chi connectivity index (χ4v) is 8.02. The first-order valence-corrected chi connectivity index (χ1v) is 17.6. The maximum Gasteiger partial charge on any atom is 0.420 e. The van der Waals surface area contributed by atoms with Crippen molar-refractivity contribution in [3.63, 3.8) is 0 Å². The van der Waals surface area contributed by atoms with E-state index < -0.39 is 28.4 Å². The number of piperidine rings is 2. The summed E-state index contributed by atoms with van der Waals surface area (Å²) in [5, 5.41) is 15.9. The second kappa shape index (κ2) is 15.1. The van der Waals surface area contributed by atoms with Crippen LogP contribution in [0.4, 0.5) is 23.7 Å². The highest BCUT2D eigenvalue weighted by molar-refractivity contribution is 6.32. The van der Waals surface area contributed by atoms with Crippen molar-refractivity contribution in [3.05, 3.63) is 58.1 Å². The first-order chi connectivity index (χ1) is 23.5. The van der Waals surface area contributed by atoms with E-state index in [2.05, 4.69) is 15.5 Å². The molecule has 0 aromatic heterocycles. The minimum absolute atomic E-state index is 0.0484. The zero-order chi connectivity index (χ0) is 34.7. The van der Waals surface area contributed by atoms with Gasteiger partial charge in [0.05, 0.1) is 16.5 Å². The van der Waals surface area contributed by atoms with E-state index in [1.807, 2.05) is 29.2 Å². The van der Waals surface area contributed by atoms with Crippen LogP contribution in [0, 0.1) is 5.92 Å². The zero-order valence-corrected chi connectivity index (χ0v) is 28.2. The number of amides is 4. The maximum atomic E-state index is 14.0. The first kappa shape index (κ1) is 35.3. The van der Waals surface area contributed by atoms with Crippen LogP contribution in [0.25, 0.3) is 0 Å². The average molecular weight is 705 g/mol. The normalized spacial score (nSPS) is 20.8. The molecule has 266 valence electrons.